The molecule has 0 aliphatic heterocycles. The van der Waals surface area contributed by atoms with E-state index in [1.54, 1.807) is 7.11 Å². The van der Waals surface area contributed by atoms with Gasteiger partial charge in [0.05, 0.1) is 18.1 Å². The number of aryl methyl sites for hydroxylation is 1. The van der Waals surface area contributed by atoms with Crippen LogP contribution in [0.1, 0.15) is 38.4 Å². The number of H-pyrrole nitrogens is 1. The van der Waals surface area contributed by atoms with Crippen LogP contribution in [0.15, 0.2) is 18.2 Å². The van der Waals surface area contributed by atoms with Gasteiger partial charge in [-0.15, -0.1) is 0 Å². The predicted molar refractivity (Wildman–Crippen MR) is 83.0 cm³/mol. The van der Waals surface area contributed by atoms with Crippen LogP contribution < -0.4 is 10.5 Å². The van der Waals surface area contributed by atoms with Crippen molar-refractivity contribution in [3.8, 4) is 5.75 Å². The lowest BCUT2D eigenvalue weighted by atomic mass is 9.94. The summed E-state index contributed by atoms with van der Waals surface area (Å²) in [6.45, 7) is 3.01. The number of hydrogen-bond acceptors (Lipinski definition) is 3. The molecule has 2 aromatic rings. The number of methoxy groups -OCH3 is 1. The van der Waals surface area contributed by atoms with Crippen molar-refractivity contribution in [1.82, 2.24) is 9.97 Å². The number of aromatic nitrogens is 2. The number of nitrogens with two attached hydrogens (primary N) is 1. The van der Waals surface area contributed by atoms with E-state index in [-0.39, 0.29) is 0 Å². The van der Waals surface area contributed by atoms with Gasteiger partial charge in [-0.1, -0.05) is 19.8 Å². The fourth-order valence-electron chi connectivity index (χ4n) is 2.70. The topological polar surface area (TPSA) is 63.9 Å². The summed E-state index contributed by atoms with van der Waals surface area (Å²) in [4.78, 5) is 8.03. The molecule has 3 N–H and O–H groups in total. The highest BCUT2D eigenvalue weighted by Gasteiger charge is 2.09. The Morgan fingerprint density at radius 2 is 2.15 bits per heavy atom. The maximum atomic E-state index is 5.68. The Hall–Kier alpha value is -1.55. The van der Waals surface area contributed by atoms with E-state index in [2.05, 4.69) is 16.9 Å². The van der Waals surface area contributed by atoms with E-state index in [4.69, 9.17) is 10.5 Å². The number of benzene rings is 1. The summed E-state index contributed by atoms with van der Waals surface area (Å²) in [6, 6.07) is 5.94. The fraction of sp³-hybridized carbons (Fsp3) is 0.562. The van der Waals surface area contributed by atoms with Crippen LogP contribution in [0.3, 0.4) is 0 Å². The van der Waals surface area contributed by atoms with Crippen LogP contribution in [0.25, 0.3) is 11.0 Å². The lowest BCUT2D eigenvalue weighted by molar-refractivity contribution is 0.415. The minimum atomic E-state index is 0.716. The van der Waals surface area contributed by atoms with Gasteiger partial charge in [0.15, 0.2) is 0 Å². The molecule has 0 saturated heterocycles. The van der Waals surface area contributed by atoms with E-state index in [1.807, 2.05) is 18.2 Å². The smallest absolute Gasteiger partial charge is 0.121 e. The molecule has 1 unspecified atom stereocenters. The monoisotopic (exact) mass is 275 g/mol. The van der Waals surface area contributed by atoms with Crippen LogP contribution in [-0.2, 0) is 6.42 Å². The second kappa shape index (κ2) is 7.29. The molecule has 4 heteroatoms. The summed E-state index contributed by atoms with van der Waals surface area (Å²) >= 11 is 0. The molecule has 20 heavy (non-hydrogen) atoms. The molecule has 0 bridgehead atoms. The average Bonchev–Trinajstić information content (AvgIpc) is 2.87. The molecule has 0 amide bonds. The average molecular weight is 275 g/mol. The minimum absolute atomic E-state index is 0.716. The number of rotatable bonds is 8. The van der Waals surface area contributed by atoms with Crippen LogP contribution in [0, 0.1) is 5.92 Å². The fourth-order valence-corrected chi connectivity index (χ4v) is 2.70. The van der Waals surface area contributed by atoms with Gasteiger partial charge in [-0.05, 0) is 37.4 Å². The van der Waals surface area contributed by atoms with Crippen molar-refractivity contribution >= 4 is 11.0 Å². The van der Waals surface area contributed by atoms with Crippen molar-refractivity contribution in [3.63, 3.8) is 0 Å². The van der Waals surface area contributed by atoms with Crippen LogP contribution in [0.2, 0.25) is 0 Å². The Kier molecular flexibility index (Phi) is 5.41. The first-order valence-corrected chi connectivity index (χ1v) is 7.49. The largest absolute Gasteiger partial charge is 0.497 e. The minimum Gasteiger partial charge on any atom is -0.497 e. The Balaban J connectivity index is 2.02. The summed E-state index contributed by atoms with van der Waals surface area (Å²) < 4.78 is 5.23. The van der Waals surface area contributed by atoms with Gasteiger partial charge in [0, 0.05) is 12.5 Å². The van der Waals surface area contributed by atoms with Gasteiger partial charge >= 0.3 is 0 Å². The van der Waals surface area contributed by atoms with Crippen LogP contribution in [0.4, 0.5) is 0 Å². The standard InChI is InChI=1S/C16H25N3O/c1-3-4-12(9-10-17)5-8-16-18-14-7-6-13(20-2)11-15(14)19-16/h6-7,11-12H,3-5,8-10,17H2,1-2H3,(H,18,19). The number of aromatic amines is 1. The molecule has 0 saturated carbocycles. The Morgan fingerprint density at radius 1 is 1.30 bits per heavy atom. The number of nitrogens with one attached hydrogen (secondary N) is 1. The van der Waals surface area contributed by atoms with Crippen molar-refractivity contribution in [2.75, 3.05) is 13.7 Å². The van der Waals surface area contributed by atoms with E-state index in [1.165, 1.54) is 12.8 Å². The predicted octanol–water partition coefficient (Wildman–Crippen LogP) is 3.27. The molecular weight excluding hydrogens is 250 g/mol. The molecule has 0 aliphatic rings. The van der Waals surface area contributed by atoms with E-state index in [0.717, 1.165) is 48.4 Å². The van der Waals surface area contributed by atoms with Gasteiger partial charge in [0.1, 0.15) is 11.6 Å². The summed E-state index contributed by atoms with van der Waals surface area (Å²) in [7, 11) is 1.68. The molecule has 1 aromatic heterocycles. The Labute approximate surface area is 120 Å². The normalized spacial score (nSPS) is 12.8. The maximum absolute atomic E-state index is 5.68. The lowest BCUT2D eigenvalue weighted by Gasteiger charge is -2.13. The zero-order valence-electron chi connectivity index (χ0n) is 12.5. The third-order valence-corrected chi connectivity index (χ3v) is 3.80. The van der Waals surface area contributed by atoms with Crippen LogP contribution in [-0.4, -0.2) is 23.6 Å². The number of hydrogen-bond donors (Lipinski definition) is 2. The zero-order chi connectivity index (χ0) is 14.4. The quantitative estimate of drug-likeness (QED) is 0.777. The van der Waals surface area contributed by atoms with Crippen LogP contribution >= 0.6 is 0 Å². The Bertz CT molecular complexity index is 530. The van der Waals surface area contributed by atoms with Gasteiger partial charge in [-0.25, -0.2) is 4.98 Å². The molecule has 0 aliphatic carbocycles. The summed E-state index contributed by atoms with van der Waals surface area (Å²) in [6.07, 6.45) is 5.73. The molecule has 1 aromatic carbocycles. The van der Waals surface area contributed by atoms with Crippen LogP contribution in [0.5, 0.6) is 5.75 Å². The number of nitrogens with zero attached hydrogens (tertiary/aromatic N) is 1. The Morgan fingerprint density at radius 3 is 2.85 bits per heavy atom. The molecule has 4 nitrogen and oxygen atoms in total. The molecular formula is C16H25N3O. The van der Waals surface area contributed by atoms with Gasteiger partial charge in [0.25, 0.3) is 0 Å². The summed E-state index contributed by atoms with van der Waals surface area (Å²) in [5.74, 6) is 2.64. The van der Waals surface area contributed by atoms with E-state index >= 15 is 0 Å². The van der Waals surface area contributed by atoms with E-state index < -0.39 is 0 Å². The van der Waals surface area contributed by atoms with Gasteiger partial charge < -0.3 is 15.5 Å². The van der Waals surface area contributed by atoms with E-state index in [0.29, 0.717) is 5.92 Å². The number of ether oxygens (including phenoxy) is 1. The third kappa shape index (κ3) is 3.73. The van der Waals surface area contributed by atoms with Crippen molar-refractivity contribution in [3.05, 3.63) is 24.0 Å². The van der Waals surface area contributed by atoms with Crippen molar-refractivity contribution in [1.29, 1.82) is 0 Å². The second-order valence-corrected chi connectivity index (χ2v) is 5.34. The number of fused-ring (bicyclic) bond motifs is 1. The number of imidazole rings is 1. The highest BCUT2D eigenvalue weighted by Crippen LogP contribution is 2.21. The van der Waals surface area contributed by atoms with Gasteiger partial charge in [-0.2, -0.15) is 0 Å². The molecule has 0 spiro atoms. The molecule has 110 valence electrons. The SMILES string of the molecule is CCCC(CCN)CCc1nc2ccc(OC)cc2[nH]1. The molecule has 0 radical (unpaired) electrons. The maximum Gasteiger partial charge on any atom is 0.121 e. The first kappa shape index (κ1) is 14.9. The summed E-state index contributed by atoms with van der Waals surface area (Å²) in [5.41, 5.74) is 7.74. The van der Waals surface area contributed by atoms with Crippen molar-refractivity contribution in [2.45, 2.75) is 39.0 Å². The molecule has 1 atom stereocenters. The highest BCUT2D eigenvalue weighted by atomic mass is 16.5. The van der Waals surface area contributed by atoms with E-state index in [9.17, 15) is 0 Å². The first-order valence-electron chi connectivity index (χ1n) is 7.49. The van der Waals surface area contributed by atoms with Crippen molar-refractivity contribution in [2.24, 2.45) is 11.7 Å². The zero-order valence-corrected chi connectivity index (χ0v) is 12.5. The lowest BCUT2D eigenvalue weighted by Crippen LogP contribution is -2.10. The second-order valence-electron chi connectivity index (χ2n) is 5.34. The molecule has 0 fully saturated rings. The highest BCUT2D eigenvalue weighted by molar-refractivity contribution is 5.76. The van der Waals surface area contributed by atoms with Crippen molar-refractivity contribution < 1.29 is 4.74 Å². The van der Waals surface area contributed by atoms with Gasteiger partial charge in [0.2, 0.25) is 0 Å². The molecule has 2 rings (SSSR count). The van der Waals surface area contributed by atoms with Gasteiger partial charge in [-0.3, -0.25) is 0 Å². The molecule has 1 heterocycles. The third-order valence-electron chi connectivity index (χ3n) is 3.80. The summed E-state index contributed by atoms with van der Waals surface area (Å²) in [5, 5.41) is 0. The first-order chi connectivity index (χ1) is 9.76.